The van der Waals surface area contributed by atoms with Gasteiger partial charge in [0.2, 0.25) is 0 Å². The molecule has 5 atom stereocenters. The van der Waals surface area contributed by atoms with Gasteiger partial charge in [0.05, 0.1) is 0 Å². The van der Waals surface area contributed by atoms with Crippen molar-refractivity contribution in [1.29, 1.82) is 0 Å². The summed E-state index contributed by atoms with van der Waals surface area (Å²) in [6, 6.07) is 0. The highest BCUT2D eigenvalue weighted by molar-refractivity contribution is 4.95. The first kappa shape index (κ1) is 11.1. The zero-order valence-corrected chi connectivity index (χ0v) is 10.2. The summed E-state index contributed by atoms with van der Waals surface area (Å²) in [5.74, 6) is 5.73. The molecule has 0 radical (unpaired) electrons. The van der Waals surface area contributed by atoms with Crippen LogP contribution in [-0.4, -0.2) is 0 Å². The summed E-state index contributed by atoms with van der Waals surface area (Å²) < 4.78 is 0. The van der Waals surface area contributed by atoms with E-state index < -0.39 is 0 Å². The Morgan fingerprint density at radius 1 is 1.00 bits per heavy atom. The predicted octanol–water partition coefficient (Wildman–Crippen LogP) is 4.21. The van der Waals surface area contributed by atoms with Crippen molar-refractivity contribution in [3.63, 3.8) is 0 Å². The van der Waals surface area contributed by atoms with E-state index in [1.807, 2.05) is 0 Å². The topological polar surface area (TPSA) is 0 Å². The van der Waals surface area contributed by atoms with Gasteiger partial charge in [0.15, 0.2) is 0 Å². The second-order valence-corrected chi connectivity index (χ2v) is 5.40. The first-order valence-electron chi connectivity index (χ1n) is 6.00. The summed E-state index contributed by atoms with van der Waals surface area (Å²) in [6.45, 7) is 14.4. The lowest BCUT2D eigenvalue weighted by Crippen LogP contribution is -2.18. The molecule has 0 aliphatic heterocycles. The first-order chi connectivity index (χ1) is 6.00. The molecule has 0 aromatic rings. The van der Waals surface area contributed by atoms with Crippen LogP contribution in [0.15, 0.2) is 0 Å². The summed E-state index contributed by atoms with van der Waals surface area (Å²) in [4.78, 5) is 0. The van der Waals surface area contributed by atoms with Gasteiger partial charge in [-0.25, -0.2) is 0 Å². The second-order valence-electron chi connectivity index (χ2n) is 5.40. The molecule has 5 unspecified atom stereocenters. The zero-order chi connectivity index (χ0) is 10.2. The zero-order valence-electron chi connectivity index (χ0n) is 10.2. The van der Waals surface area contributed by atoms with Gasteiger partial charge in [0.25, 0.3) is 0 Å². The number of hydrogen-bond donors (Lipinski definition) is 0. The van der Waals surface area contributed by atoms with Crippen LogP contribution >= 0.6 is 0 Å². The molecule has 0 aromatic carbocycles. The Morgan fingerprint density at radius 2 is 1.46 bits per heavy atom. The third-order valence-corrected chi connectivity index (χ3v) is 4.88. The lowest BCUT2D eigenvalue weighted by Gasteiger charge is -2.25. The summed E-state index contributed by atoms with van der Waals surface area (Å²) in [5, 5.41) is 0. The van der Waals surface area contributed by atoms with E-state index in [1.54, 1.807) is 0 Å². The summed E-state index contributed by atoms with van der Waals surface area (Å²) >= 11 is 0. The van der Waals surface area contributed by atoms with Crippen LogP contribution in [-0.2, 0) is 0 Å². The quantitative estimate of drug-likeness (QED) is 0.611. The molecular weight excluding hydrogens is 156 g/mol. The summed E-state index contributed by atoms with van der Waals surface area (Å²) in [7, 11) is 0. The van der Waals surface area contributed by atoms with Crippen LogP contribution in [0.2, 0.25) is 0 Å². The minimum Gasteiger partial charge on any atom is -0.0651 e. The van der Waals surface area contributed by atoms with Gasteiger partial charge in [0, 0.05) is 0 Å². The molecule has 0 saturated heterocycles. The van der Waals surface area contributed by atoms with Crippen molar-refractivity contribution >= 4 is 0 Å². The largest absolute Gasteiger partial charge is 0.0651 e. The maximum atomic E-state index is 2.46. The van der Waals surface area contributed by atoms with Gasteiger partial charge in [-0.3, -0.25) is 0 Å². The van der Waals surface area contributed by atoms with Gasteiger partial charge in [-0.2, -0.15) is 0 Å². The van der Waals surface area contributed by atoms with Gasteiger partial charge >= 0.3 is 0 Å². The van der Waals surface area contributed by atoms with E-state index in [4.69, 9.17) is 0 Å². The van der Waals surface area contributed by atoms with Crippen LogP contribution in [0, 0.1) is 35.5 Å². The molecule has 0 heterocycles. The van der Waals surface area contributed by atoms with E-state index in [2.05, 4.69) is 41.5 Å². The van der Waals surface area contributed by atoms with E-state index >= 15 is 0 Å². The van der Waals surface area contributed by atoms with E-state index in [1.165, 1.54) is 6.42 Å². The number of hydrogen-bond acceptors (Lipinski definition) is 0. The third kappa shape index (κ3) is 2.08. The van der Waals surface area contributed by atoms with Gasteiger partial charge in [-0.1, -0.05) is 48.0 Å². The fraction of sp³-hybridized carbons (Fsp3) is 1.00. The fourth-order valence-corrected chi connectivity index (χ4v) is 2.90. The Bertz CT molecular complexity index is 153. The van der Waals surface area contributed by atoms with Crippen molar-refractivity contribution in [3.8, 4) is 0 Å². The Balaban J connectivity index is 2.44. The molecule has 0 heteroatoms. The van der Waals surface area contributed by atoms with Gasteiger partial charge in [0.1, 0.15) is 0 Å². The van der Waals surface area contributed by atoms with E-state index in [9.17, 15) is 0 Å². The highest BCUT2D eigenvalue weighted by Gasteiger charge is 2.47. The lowest BCUT2D eigenvalue weighted by molar-refractivity contribution is 0.237. The van der Waals surface area contributed by atoms with E-state index in [0.717, 1.165) is 35.5 Å². The van der Waals surface area contributed by atoms with Crippen LogP contribution in [0.1, 0.15) is 48.0 Å². The smallest absolute Gasteiger partial charge is 0.0329 e. The maximum Gasteiger partial charge on any atom is -0.0329 e. The molecule has 0 nitrogen and oxygen atoms in total. The van der Waals surface area contributed by atoms with Gasteiger partial charge in [-0.05, 0) is 35.5 Å². The third-order valence-electron chi connectivity index (χ3n) is 4.88. The molecule has 1 fully saturated rings. The molecule has 0 bridgehead atoms. The lowest BCUT2D eigenvalue weighted by atomic mass is 9.80. The number of rotatable bonds is 4. The Hall–Kier alpha value is 0. The summed E-state index contributed by atoms with van der Waals surface area (Å²) in [5.41, 5.74) is 0. The molecule has 78 valence electrons. The van der Waals surface area contributed by atoms with Crippen LogP contribution < -0.4 is 0 Å². The van der Waals surface area contributed by atoms with Gasteiger partial charge < -0.3 is 0 Å². The van der Waals surface area contributed by atoms with Crippen LogP contribution in [0.25, 0.3) is 0 Å². The molecule has 0 amide bonds. The molecule has 0 N–H and O–H groups in total. The molecule has 1 aliphatic carbocycles. The maximum absolute atomic E-state index is 2.46. The molecule has 13 heavy (non-hydrogen) atoms. The molecule has 0 aromatic heterocycles. The van der Waals surface area contributed by atoms with Crippen LogP contribution in [0.5, 0.6) is 0 Å². The van der Waals surface area contributed by atoms with Crippen molar-refractivity contribution in [1.82, 2.24) is 0 Å². The standard InChI is InChI=1S/C13H26/c1-7-8(2)9(3)10(4)13-11(5)12(13)6/h8-13H,7H2,1-6H3. The minimum atomic E-state index is 0.898. The Labute approximate surface area is 84.1 Å². The SMILES string of the molecule is CCC(C)C(C)C(C)C1C(C)C1C. The van der Waals surface area contributed by atoms with Crippen molar-refractivity contribution in [2.75, 3.05) is 0 Å². The van der Waals surface area contributed by atoms with Gasteiger partial charge in [-0.15, -0.1) is 0 Å². The van der Waals surface area contributed by atoms with E-state index in [0.29, 0.717) is 0 Å². The average Bonchev–Trinajstić information content (AvgIpc) is 2.71. The van der Waals surface area contributed by atoms with Crippen LogP contribution in [0.4, 0.5) is 0 Å². The van der Waals surface area contributed by atoms with Crippen LogP contribution in [0.3, 0.4) is 0 Å². The first-order valence-corrected chi connectivity index (χ1v) is 6.00. The highest BCUT2D eigenvalue weighted by atomic mass is 14.5. The molecule has 1 saturated carbocycles. The summed E-state index contributed by atoms with van der Waals surface area (Å²) in [6.07, 6.45) is 1.33. The fourth-order valence-electron chi connectivity index (χ4n) is 2.90. The normalized spacial score (nSPS) is 39.7. The van der Waals surface area contributed by atoms with Crippen molar-refractivity contribution in [2.24, 2.45) is 35.5 Å². The Morgan fingerprint density at radius 3 is 1.77 bits per heavy atom. The monoisotopic (exact) mass is 182 g/mol. The molecule has 0 spiro atoms. The van der Waals surface area contributed by atoms with Crippen molar-refractivity contribution in [2.45, 2.75) is 48.0 Å². The molecule has 1 aliphatic rings. The highest BCUT2D eigenvalue weighted by Crippen LogP contribution is 2.53. The van der Waals surface area contributed by atoms with E-state index in [-0.39, 0.29) is 0 Å². The second kappa shape index (κ2) is 4.02. The predicted molar refractivity (Wildman–Crippen MR) is 59.6 cm³/mol. The van der Waals surface area contributed by atoms with Crippen molar-refractivity contribution < 1.29 is 0 Å². The Kier molecular flexibility index (Phi) is 3.43. The molecule has 1 rings (SSSR count). The average molecular weight is 182 g/mol. The minimum absolute atomic E-state index is 0.898. The van der Waals surface area contributed by atoms with Crippen molar-refractivity contribution in [3.05, 3.63) is 0 Å². The molecular formula is C13H26.